The number of anilines is 3. The summed E-state index contributed by atoms with van der Waals surface area (Å²) in [7, 11) is 0. The van der Waals surface area contributed by atoms with Crippen LogP contribution in [-0.4, -0.2) is 46.7 Å². The molecular weight excluding hydrogens is 367 g/mol. The standard InChI is InChI=1S/C18H21FN6O3/c19-14-10-21-17(23-13-3-1-12(2-4-13)15(20)26)24-16(14)25-7-5-11(6-8-25)9-22-18(27)28/h1-4,10-11,22H,5-9H2,(H2,20,26)(H,27,28)(H,21,23,24). The fraction of sp³-hybridized carbons (Fsp3) is 0.333. The summed E-state index contributed by atoms with van der Waals surface area (Å²) in [5.74, 6) is -0.377. The first-order valence-corrected chi connectivity index (χ1v) is 8.83. The third-order valence-electron chi connectivity index (χ3n) is 4.61. The van der Waals surface area contributed by atoms with Gasteiger partial charge in [0, 0.05) is 30.9 Å². The van der Waals surface area contributed by atoms with E-state index in [0.717, 1.165) is 19.0 Å². The van der Waals surface area contributed by atoms with Gasteiger partial charge in [0.25, 0.3) is 0 Å². The normalized spacial score (nSPS) is 14.5. The number of nitrogens with zero attached hydrogens (tertiary/aromatic N) is 3. The van der Waals surface area contributed by atoms with Crippen molar-refractivity contribution in [2.45, 2.75) is 12.8 Å². The molecule has 0 bridgehead atoms. The Labute approximate surface area is 160 Å². The van der Waals surface area contributed by atoms with E-state index in [4.69, 9.17) is 10.8 Å². The van der Waals surface area contributed by atoms with Crippen LogP contribution in [-0.2, 0) is 0 Å². The average Bonchev–Trinajstić information content (AvgIpc) is 2.69. The number of carbonyl (C=O) groups excluding carboxylic acids is 1. The topological polar surface area (TPSA) is 133 Å². The molecule has 1 aromatic heterocycles. The number of aromatic nitrogens is 2. The van der Waals surface area contributed by atoms with Crippen molar-refractivity contribution in [3.8, 4) is 0 Å². The molecule has 10 heteroatoms. The number of hydrogen-bond acceptors (Lipinski definition) is 6. The lowest BCUT2D eigenvalue weighted by Gasteiger charge is -2.32. The van der Waals surface area contributed by atoms with Crippen molar-refractivity contribution >= 4 is 29.5 Å². The van der Waals surface area contributed by atoms with E-state index in [-0.39, 0.29) is 17.7 Å². The highest BCUT2D eigenvalue weighted by Gasteiger charge is 2.23. The van der Waals surface area contributed by atoms with Crippen LogP contribution in [0.2, 0.25) is 0 Å². The molecule has 148 valence electrons. The van der Waals surface area contributed by atoms with E-state index in [1.165, 1.54) is 0 Å². The monoisotopic (exact) mass is 388 g/mol. The van der Waals surface area contributed by atoms with Crippen molar-refractivity contribution < 1.29 is 19.1 Å². The Kier molecular flexibility index (Phi) is 5.87. The van der Waals surface area contributed by atoms with Crippen LogP contribution in [0.3, 0.4) is 0 Å². The van der Waals surface area contributed by atoms with Crippen LogP contribution >= 0.6 is 0 Å². The van der Waals surface area contributed by atoms with Crippen LogP contribution in [0.5, 0.6) is 0 Å². The summed E-state index contributed by atoms with van der Waals surface area (Å²) in [6, 6.07) is 6.47. The van der Waals surface area contributed by atoms with E-state index < -0.39 is 17.8 Å². The first-order chi connectivity index (χ1) is 13.4. The SMILES string of the molecule is NC(=O)c1ccc(Nc2ncc(F)c(N3CCC(CNC(=O)O)CC3)n2)cc1. The van der Waals surface area contributed by atoms with E-state index in [1.807, 2.05) is 4.90 Å². The molecular formula is C18H21FN6O3. The minimum Gasteiger partial charge on any atom is -0.465 e. The number of primary amides is 1. The molecule has 9 nitrogen and oxygen atoms in total. The van der Waals surface area contributed by atoms with Crippen molar-refractivity contribution in [2.75, 3.05) is 29.9 Å². The summed E-state index contributed by atoms with van der Waals surface area (Å²) < 4.78 is 14.2. The van der Waals surface area contributed by atoms with E-state index in [1.54, 1.807) is 24.3 Å². The summed E-state index contributed by atoms with van der Waals surface area (Å²) in [5.41, 5.74) is 6.24. The highest BCUT2D eigenvalue weighted by atomic mass is 19.1. The van der Waals surface area contributed by atoms with Crippen molar-refractivity contribution in [2.24, 2.45) is 11.7 Å². The molecule has 1 aliphatic rings. The van der Waals surface area contributed by atoms with Crippen molar-refractivity contribution in [3.05, 3.63) is 41.8 Å². The lowest BCUT2D eigenvalue weighted by atomic mass is 9.97. The molecule has 1 aromatic carbocycles. The Balaban J connectivity index is 1.65. The van der Waals surface area contributed by atoms with Crippen LogP contribution in [0.1, 0.15) is 23.2 Å². The lowest BCUT2D eigenvalue weighted by Crippen LogP contribution is -2.39. The fourth-order valence-electron chi connectivity index (χ4n) is 3.07. The molecule has 1 saturated heterocycles. The minimum absolute atomic E-state index is 0.205. The Hall–Kier alpha value is -3.43. The van der Waals surface area contributed by atoms with Gasteiger partial charge >= 0.3 is 6.09 Å². The zero-order chi connectivity index (χ0) is 20.1. The first-order valence-electron chi connectivity index (χ1n) is 8.83. The van der Waals surface area contributed by atoms with E-state index in [9.17, 15) is 14.0 Å². The predicted octanol–water partition coefficient (Wildman–Crippen LogP) is 1.94. The molecule has 3 rings (SSSR count). The largest absolute Gasteiger partial charge is 0.465 e. The number of amides is 2. The number of piperidine rings is 1. The quantitative estimate of drug-likeness (QED) is 0.594. The number of carbonyl (C=O) groups is 2. The van der Waals surface area contributed by atoms with Crippen molar-refractivity contribution in [1.82, 2.24) is 15.3 Å². The predicted molar refractivity (Wildman–Crippen MR) is 101 cm³/mol. The second kappa shape index (κ2) is 8.51. The number of hydrogen-bond donors (Lipinski definition) is 4. The summed E-state index contributed by atoms with van der Waals surface area (Å²) in [6.45, 7) is 1.54. The molecule has 1 fully saturated rings. The highest BCUT2D eigenvalue weighted by Crippen LogP contribution is 2.25. The molecule has 5 N–H and O–H groups in total. The van der Waals surface area contributed by atoms with Gasteiger partial charge in [0.05, 0.1) is 6.20 Å². The van der Waals surface area contributed by atoms with Gasteiger partial charge in [0.1, 0.15) is 0 Å². The Morgan fingerprint density at radius 3 is 2.54 bits per heavy atom. The van der Waals surface area contributed by atoms with Gasteiger partial charge in [0.2, 0.25) is 11.9 Å². The molecule has 0 atom stereocenters. The fourth-order valence-corrected chi connectivity index (χ4v) is 3.07. The number of carboxylic acid groups (broad SMARTS) is 1. The van der Waals surface area contributed by atoms with Crippen LogP contribution in [0, 0.1) is 11.7 Å². The molecule has 0 aliphatic carbocycles. The van der Waals surface area contributed by atoms with Crippen molar-refractivity contribution in [3.63, 3.8) is 0 Å². The average molecular weight is 388 g/mol. The molecule has 0 unspecified atom stereocenters. The second-order valence-corrected chi connectivity index (χ2v) is 6.55. The van der Waals surface area contributed by atoms with Gasteiger partial charge in [-0.3, -0.25) is 4.79 Å². The van der Waals surface area contributed by atoms with E-state index in [0.29, 0.717) is 30.9 Å². The Morgan fingerprint density at radius 2 is 1.93 bits per heavy atom. The molecule has 0 spiro atoms. The number of nitrogens with one attached hydrogen (secondary N) is 2. The van der Waals surface area contributed by atoms with Crippen LogP contribution in [0.4, 0.5) is 26.6 Å². The van der Waals surface area contributed by atoms with Gasteiger partial charge in [0.15, 0.2) is 11.6 Å². The van der Waals surface area contributed by atoms with Gasteiger partial charge in [-0.15, -0.1) is 0 Å². The summed E-state index contributed by atoms with van der Waals surface area (Å²) in [4.78, 5) is 31.8. The zero-order valence-corrected chi connectivity index (χ0v) is 15.1. The van der Waals surface area contributed by atoms with E-state index >= 15 is 0 Å². The van der Waals surface area contributed by atoms with Crippen LogP contribution in [0.15, 0.2) is 30.5 Å². The summed E-state index contributed by atoms with van der Waals surface area (Å²) in [5, 5.41) is 14.0. The number of rotatable bonds is 6. The Morgan fingerprint density at radius 1 is 1.25 bits per heavy atom. The van der Waals surface area contributed by atoms with Gasteiger partial charge < -0.3 is 26.4 Å². The number of benzene rings is 1. The van der Waals surface area contributed by atoms with E-state index in [2.05, 4.69) is 20.6 Å². The molecule has 0 radical (unpaired) electrons. The molecule has 2 aromatic rings. The zero-order valence-electron chi connectivity index (χ0n) is 15.1. The third kappa shape index (κ3) is 4.84. The minimum atomic E-state index is -1.04. The number of halogens is 1. The smallest absolute Gasteiger partial charge is 0.404 e. The molecule has 0 saturated carbocycles. The molecule has 2 heterocycles. The Bertz CT molecular complexity index is 853. The van der Waals surface area contributed by atoms with Gasteiger partial charge in [-0.05, 0) is 43.0 Å². The maximum atomic E-state index is 14.2. The summed E-state index contributed by atoms with van der Waals surface area (Å²) in [6.07, 6.45) is 1.55. The first kappa shape index (κ1) is 19.3. The summed E-state index contributed by atoms with van der Waals surface area (Å²) >= 11 is 0. The van der Waals surface area contributed by atoms with Gasteiger partial charge in [-0.2, -0.15) is 4.98 Å². The third-order valence-corrected chi connectivity index (χ3v) is 4.61. The van der Waals surface area contributed by atoms with Gasteiger partial charge in [-0.1, -0.05) is 0 Å². The lowest BCUT2D eigenvalue weighted by molar-refractivity contribution is 0.1000. The van der Waals surface area contributed by atoms with Crippen LogP contribution in [0.25, 0.3) is 0 Å². The highest BCUT2D eigenvalue weighted by molar-refractivity contribution is 5.93. The maximum absolute atomic E-state index is 14.2. The van der Waals surface area contributed by atoms with Crippen molar-refractivity contribution in [1.29, 1.82) is 0 Å². The molecule has 28 heavy (non-hydrogen) atoms. The molecule has 2 amide bonds. The second-order valence-electron chi connectivity index (χ2n) is 6.55. The number of nitrogens with two attached hydrogens (primary N) is 1. The maximum Gasteiger partial charge on any atom is 0.404 e. The molecule has 1 aliphatic heterocycles. The van der Waals surface area contributed by atoms with Gasteiger partial charge in [-0.25, -0.2) is 14.2 Å². The van der Waals surface area contributed by atoms with Crippen LogP contribution < -0.4 is 21.3 Å².